The number of methoxy groups -OCH3 is 2. The van der Waals surface area contributed by atoms with Crippen LogP contribution in [-0.4, -0.2) is 41.1 Å². The van der Waals surface area contributed by atoms with Crippen molar-refractivity contribution in [1.82, 2.24) is 4.98 Å². The van der Waals surface area contributed by atoms with Gasteiger partial charge in [0.25, 0.3) is 0 Å². The van der Waals surface area contributed by atoms with E-state index < -0.39 is 10.9 Å². The minimum atomic E-state index is -0.994. The number of fused-ring (bicyclic) bond motifs is 1. The minimum Gasteiger partial charge on any atom is -0.480 e. The molecule has 0 radical (unpaired) electrons. The molecule has 0 saturated heterocycles. The maximum absolute atomic E-state index is 12.2. The number of benzene rings is 2. The lowest BCUT2D eigenvalue weighted by Gasteiger charge is -2.29. The summed E-state index contributed by atoms with van der Waals surface area (Å²) in [5.41, 5.74) is 3.51. The average Bonchev–Trinajstić information content (AvgIpc) is 2.96. The van der Waals surface area contributed by atoms with E-state index in [9.17, 15) is 9.90 Å². The number of ether oxygens (including phenoxy) is 2. The number of aliphatic hydroxyl groups is 1. The molecule has 1 heterocycles. The van der Waals surface area contributed by atoms with Gasteiger partial charge in [0.05, 0.1) is 19.7 Å². The summed E-state index contributed by atoms with van der Waals surface area (Å²) in [4.78, 5) is 16.6. The Bertz CT molecular complexity index is 1220. The molecule has 5 nitrogen and oxygen atoms in total. The Hall–Kier alpha value is -2.28. The second-order valence-corrected chi connectivity index (χ2v) is 12.2. The van der Waals surface area contributed by atoms with Crippen LogP contribution in [0.4, 0.5) is 0 Å². The standard InChI is InChI=1S/C33H44ClNO4S/c1-4-5-6-7-8-9-10-15-25-16-11-12-17-27(25)24-33(37,20-13-14-21-34)40-28-19-18-26-22-29(32(36)39-3)31(38-2)35-30(26)23-28/h11-12,16-19,22-23,37H,4-10,13-15,20-21,24H2,1-3H3/t33-/m1/s1. The number of pyridine rings is 1. The Labute approximate surface area is 249 Å². The van der Waals surface area contributed by atoms with E-state index in [0.717, 1.165) is 29.5 Å². The van der Waals surface area contributed by atoms with Crippen LogP contribution in [0.25, 0.3) is 10.9 Å². The van der Waals surface area contributed by atoms with Crippen molar-refractivity contribution in [2.75, 3.05) is 20.1 Å². The van der Waals surface area contributed by atoms with Crippen LogP contribution in [0.15, 0.2) is 53.4 Å². The Morgan fingerprint density at radius 2 is 1.68 bits per heavy atom. The number of nitrogens with zero attached hydrogens (tertiary/aromatic N) is 1. The molecule has 40 heavy (non-hydrogen) atoms. The molecule has 0 amide bonds. The van der Waals surface area contributed by atoms with E-state index in [1.165, 1.54) is 82.1 Å². The molecule has 0 aliphatic heterocycles. The van der Waals surface area contributed by atoms with Crippen molar-refractivity contribution in [2.24, 2.45) is 0 Å². The fourth-order valence-electron chi connectivity index (χ4n) is 5.04. The molecule has 1 atom stereocenters. The molecule has 7 heteroatoms. The molecule has 0 aliphatic rings. The van der Waals surface area contributed by atoms with E-state index in [1.54, 1.807) is 6.07 Å². The van der Waals surface area contributed by atoms with Crippen LogP contribution in [0.1, 0.15) is 92.6 Å². The van der Waals surface area contributed by atoms with Crippen LogP contribution in [-0.2, 0) is 17.6 Å². The van der Waals surface area contributed by atoms with E-state index in [-0.39, 0.29) is 11.4 Å². The van der Waals surface area contributed by atoms with Crippen molar-refractivity contribution in [3.05, 3.63) is 65.2 Å². The number of carbonyl (C=O) groups is 1. The number of aromatic nitrogens is 1. The molecule has 2 aromatic carbocycles. The zero-order valence-corrected chi connectivity index (χ0v) is 25.8. The number of aryl methyl sites for hydroxylation is 1. The minimum absolute atomic E-state index is 0.221. The van der Waals surface area contributed by atoms with Gasteiger partial charge in [-0.2, -0.15) is 0 Å². The number of halogens is 1. The molecule has 0 bridgehead atoms. The first-order valence-electron chi connectivity index (χ1n) is 14.5. The third-order valence-electron chi connectivity index (χ3n) is 7.25. The number of hydrogen-bond acceptors (Lipinski definition) is 6. The molecule has 0 unspecified atom stereocenters. The van der Waals surface area contributed by atoms with Crippen molar-refractivity contribution in [3.8, 4) is 5.88 Å². The van der Waals surface area contributed by atoms with E-state index >= 15 is 0 Å². The molecule has 1 aromatic heterocycles. The van der Waals surface area contributed by atoms with Gasteiger partial charge in [-0.3, -0.25) is 0 Å². The molecule has 3 rings (SSSR count). The van der Waals surface area contributed by atoms with Crippen LogP contribution in [0, 0.1) is 0 Å². The normalized spacial score (nSPS) is 12.8. The van der Waals surface area contributed by atoms with Gasteiger partial charge < -0.3 is 14.6 Å². The lowest BCUT2D eigenvalue weighted by Crippen LogP contribution is -2.28. The van der Waals surface area contributed by atoms with Crippen LogP contribution in [0.3, 0.4) is 0 Å². The van der Waals surface area contributed by atoms with Crippen LogP contribution in [0.5, 0.6) is 5.88 Å². The number of hydrogen-bond donors (Lipinski definition) is 1. The first kappa shape index (κ1) is 32.2. The predicted molar refractivity (Wildman–Crippen MR) is 167 cm³/mol. The summed E-state index contributed by atoms with van der Waals surface area (Å²) < 4.78 is 10.2. The number of esters is 1. The number of thioether (sulfide) groups is 1. The summed E-state index contributed by atoms with van der Waals surface area (Å²) >= 11 is 7.45. The SMILES string of the molecule is CCCCCCCCCc1ccccc1C[C@@](O)(CCCCCl)Sc1ccc2cc(C(=O)OC)c(OC)nc2c1. The summed E-state index contributed by atoms with van der Waals surface area (Å²) in [5.74, 6) is 0.310. The van der Waals surface area contributed by atoms with Crippen molar-refractivity contribution in [2.45, 2.75) is 93.8 Å². The third kappa shape index (κ3) is 9.67. The van der Waals surface area contributed by atoms with E-state index in [0.29, 0.717) is 24.2 Å². The average molecular weight is 586 g/mol. The second kappa shape index (κ2) is 16.9. The monoisotopic (exact) mass is 585 g/mol. The number of alkyl halides is 1. The fourth-order valence-corrected chi connectivity index (χ4v) is 6.45. The molecule has 0 spiro atoms. The molecule has 0 fully saturated rings. The second-order valence-electron chi connectivity index (χ2n) is 10.4. The Morgan fingerprint density at radius 1 is 0.950 bits per heavy atom. The highest BCUT2D eigenvalue weighted by molar-refractivity contribution is 8.00. The van der Waals surface area contributed by atoms with Gasteiger partial charge in [0.15, 0.2) is 0 Å². The third-order valence-corrected chi connectivity index (χ3v) is 8.73. The molecular weight excluding hydrogens is 542 g/mol. The lowest BCUT2D eigenvalue weighted by molar-refractivity contribution is 0.0596. The first-order valence-corrected chi connectivity index (χ1v) is 15.9. The highest BCUT2D eigenvalue weighted by atomic mass is 35.5. The highest BCUT2D eigenvalue weighted by Gasteiger charge is 2.29. The van der Waals surface area contributed by atoms with Gasteiger partial charge >= 0.3 is 5.97 Å². The summed E-state index contributed by atoms with van der Waals surface area (Å²) in [6, 6.07) is 16.1. The molecule has 0 saturated carbocycles. The molecule has 3 aromatic rings. The Morgan fingerprint density at radius 3 is 2.38 bits per heavy atom. The molecular formula is C33H44ClNO4S. The number of unbranched alkanes of at least 4 members (excludes halogenated alkanes) is 7. The van der Waals surface area contributed by atoms with Crippen molar-refractivity contribution >= 4 is 40.2 Å². The van der Waals surface area contributed by atoms with Crippen LogP contribution >= 0.6 is 23.4 Å². The summed E-state index contributed by atoms with van der Waals surface area (Å²) in [7, 11) is 2.82. The molecule has 0 aliphatic carbocycles. The Kier molecular flexibility index (Phi) is 13.6. The number of rotatable bonds is 18. The quantitative estimate of drug-likeness (QED) is 0.0529. The summed E-state index contributed by atoms with van der Waals surface area (Å²) in [6.45, 7) is 2.25. The topological polar surface area (TPSA) is 68.7 Å². The van der Waals surface area contributed by atoms with Crippen molar-refractivity contribution < 1.29 is 19.4 Å². The zero-order valence-electron chi connectivity index (χ0n) is 24.2. The molecule has 1 N–H and O–H groups in total. The number of carbonyl (C=O) groups excluding carboxylic acids is 1. The van der Waals surface area contributed by atoms with E-state index in [1.807, 2.05) is 18.2 Å². The van der Waals surface area contributed by atoms with Crippen LogP contribution < -0.4 is 4.74 Å². The summed E-state index contributed by atoms with van der Waals surface area (Å²) in [5, 5.41) is 12.8. The van der Waals surface area contributed by atoms with Gasteiger partial charge in [-0.1, -0.05) is 87.5 Å². The smallest absolute Gasteiger partial charge is 0.343 e. The lowest BCUT2D eigenvalue weighted by atomic mass is 9.95. The summed E-state index contributed by atoms with van der Waals surface area (Å²) in [6.07, 6.45) is 12.9. The van der Waals surface area contributed by atoms with Gasteiger partial charge in [0.1, 0.15) is 10.5 Å². The highest BCUT2D eigenvalue weighted by Crippen LogP contribution is 2.39. The first-order chi connectivity index (χ1) is 19.4. The van der Waals surface area contributed by atoms with Crippen LogP contribution in [0.2, 0.25) is 0 Å². The zero-order chi connectivity index (χ0) is 28.8. The van der Waals surface area contributed by atoms with E-state index in [4.69, 9.17) is 21.1 Å². The van der Waals surface area contributed by atoms with E-state index in [2.05, 4.69) is 36.2 Å². The maximum atomic E-state index is 12.2. The van der Waals surface area contributed by atoms with Gasteiger partial charge in [0.2, 0.25) is 5.88 Å². The van der Waals surface area contributed by atoms with Gasteiger partial charge in [-0.05, 0) is 61.4 Å². The Balaban J connectivity index is 1.78. The maximum Gasteiger partial charge on any atom is 0.343 e. The van der Waals surface area contributed by atoms with Crippen molar-refractivity contribution in [3.63, 3.8) is 0 Å². The van der Waals surface area contributed by atoms with Gasteiger partial charge in [-0.25, -0.2) is 9.78 Å². The largest absolute Gasteiger partial charge is 0.480 e. The predicted octanol–water partition coefficient (Wildman–Crippen LogP) is 8.76. The van der Waals surface area contributed by atoms with Gasteiger partial charge in [0, 0.05) is 22.6 Å². The fraction of sp³-hybridized carbons (Fsp3) is 0.515. The van der Waals surface area contributed by atoms with Gasteiger partial charge in [-0.15, -0.1) is 11.6 Å². The van der Waals surface area contributed by atoms with Crippen molar-refractivity contribution in [1.29, 1.82) is 0 Å². The molecule has 218 valence electrons.